The van der Waals surface area contributed by atoms with Crippen molar-refractivity contribution in [3.05, 3.63) is 463 Å². The molecule has 0 saturated carbocycles. The quantitative estimate of drug-likeness (QED) is 0.102. The molecule has 0 saturated heterocycles. The molecule has 0 fully saturated rings. The zero-order valence-corrected chi connectivity index (χ0v) is 60.9. The lowest BCUT2D eigenvalue weighted by molar-refractivity contribution is 0.768. The summed E-state index contributed by atoms with van der Waals surface area (Å²) < 4.78 is 0. The second-order valence-corrected chi connectivity index (χ2v) is 28.7. The van der Waals surface area contributed by atoms with Crippen molar-refractivity contribution in [1.29, 1.82) is 5.26 Å². The van der Waals surface area contributed by atoms with E-state index in [4.69, 9.17) is 24.9 Å². The number of benzene rings is 16. The zero-order chi connectivity index (χ0) is 74.5. The molecule has 0 radical (unpaired) electrons. The van der Waals surface area contributed by atoms with E-state index in [1.54, 1.807) is 0 Å². The van der Waals surface area contributed by atoms with Crippen molar-refractivity contribution in [3.8, 4) is 152 Å². The molecule has 18 aromatic rings. The van der Waals surface area contributed by atoms with Crippen LogP contribution in [0.3, 0.4) is 0 Å². The molecule has 2 aliphatic carbocycles. The summed E-state index contributed by atoms with van der Waals surface area (Å²) in [5.74, 6) is 2.43. The average Bonchev–Trinajstić information content (AvgIpc) is 1.53. The van der Waals surface area contributed by atoms with Crippen LogP contribution in [0, 0.1) is 11.3 Å². The van der Waals surface area contributed by atoms with Crippen LogP contribution in [0.25, 0.3) is 146 Å². The summed E-state index contributed by atoms with van der Waals surface area (Å²) in [4.78, 5) is 26.4. The SMILES string of the molecule is N#Cc1ccc(-c2c(-c3cccc(-c4cc(-c5ccccc5)nc(-c5ccccc5)n4)c3)ccc3c2-c2ccccc2C3(c2ccccc2)c2cccc(-c3cccc(-c4c(-c5ccccc5-c5nc(-c6ccccc6)nc(-c6ccccc6)n5)ccc5c4-c4ccccc4C5(c4ccccc4)c4ccccc4)c3)c2)cc1. The third kappa shape index (κ3) is 11.2. The van der Waals surface area contributed by atoms with Crippen LogP contribution in [-0.2, 0) is 10.8 Å². The molecule has 1 atom stereocenters. The van der Waals surface area contributed by atoms with Gasteiger partial charge in [0.2, 0.25) is 0 Å². The predicted molar refractivity (Wildman–Crippen MR) is 455 cm³/mol. The van der Waals surface area contributed by atoms with Crippen LogP contribution in [0.15, 0.2) is 413 Å². The Morgan fingerprint density at radius 2 is 0.545 bits per heavy atom. The molecule has 1 unspecified atom stereocenters. The first-order valence-electron chi connectivity index (χ1n) is 38.0. The molecule has 522 valence electrons. The van der Waals surface area contributed by atoms with Crippen molar-refractivity contribution in [1.82, 2.24) is 24.9 Å². The van der Waals surface area contributed by atoms with Gasteiger partial charge in [0.05, 0.1) is 33.9 Å². The normalized spacial score (nSPS) is 13.5. The summed E-state index contributed by atoms with van der Waals surface area (Å²) in [7, 11) is 0. The van der Waals surface area contributed by atoms with E-state index in [1.807, 2.05) is 72.8 Å². The fraction of sp³-hybridized carbons (Fsp3) is 0.0189. The third-order valence-corrected chi connectivity index (χ3v) is 22.6. The number of aromatic nitrogens is 5. The molecule has 2 aliphatic rings. The van der Waals surface area contributed by atoms with Crippen LogP contribution in [0.4, 0.5) is 0 Å². The minimum Gasteiger partial charge on any atom is -0.228 e. The molecule has 16 aromatic carbocycles. The van der Waals surface area contributed by atoms with E-state index in [2.05, 4.69) is 346 Å². The zero-order valence-electron chi connectivity index (χ0n) is 60.9. The van der Waals surface area contributed by atoms with Gasteiger partial charge >= 0.3 is 0 Å². The molecule has 20 rings (SSSR count). The van der Waals surface area contributed by atoms with Crippen molar-refractivity contribution in [2.24, 2.45) is 0 Å². The van der Waals surface area contributed by atoms with Crippen LogP contribution >= 0.6 is 0 Å². The van der Waals surface area contributed by atoms with Crippen molar-refractivity contribution in [3.63, 3.8) is 0 Å². The fourth-order valence-electron chi connectivity index (χ4n) is 17.7. The summed E-state index contributed by atoms with van der Waals surface area (Å²) in [6.07, 6.45) is 0. The van der Waals surface area contributed by atoms with Crippen molar-refractivity contribution in [2.75, 3.05) is 0 Å². The summed E-state index contributed by atoms with van der Waals surface area (Å²) >= 11 is 0. The number of nitrogens with zero attached hydrogens (tertiary/aromatic N) is 6. The van der Waals surface area contributed by atoms with Gasteiger partial charge in [0.1, 0.15) is 0 Å². The van der Waals surface area contributed by atoms with Crippen LogP contribution in [0.2, 0.25) is 0 Å². The summed E-state index contributed by atoms with van der Waals surface area (Å²) in [6.45, 7) is 0. The number of fused-ring (bicyclic) bond motifs is 6. The Morgan fingerprint density at radius 3 is 1.07 bits per heavy atom. The number of nitriles is 1. The monoisotopic (exact) mass is 1420 g/mol. The molecule has 2 aromatic heterocycles. The van der Waals surface area contributed by atoms with Gasteiger partial charge in [-0.05, 0) is 159 Å². The smallest absolute Gasteiger partial charge is 0.164 e. The van der Waals surface area contributed by atoms with Crippen LogP contribution in [-0.4, -0.2) is 24.9 Å². The number of rotatable bonds is 15. The molecule has 0 aliphatic heterocycles. The maximum atomic E-state index is 10.3. The predicted octanol–water partition coefficient (Wildman–Crippen LogP) is 25.6. The molecule has 6 heteroatoms. The lowest BCUT2D eigenvalue weighted by Gasteiger charge is -2.34. The van der Waals surface area contributed by atoms with E-state index in [0.717, 1.165) is 128 Å². The Bertz CT molecular complexity index is 6510. The standard InChI is InChI=1S/C106H68N6/c107-69-70-57-59-72(60-58-70)97-85(78-41-29-42-79(66-78)96-68-95(71-31-8-1-9-32-71)108-101(109-96)73-33-10-2-11-34-73)61-63-94-99(97)90-54-25-27-56-92(90)106(94,83-48-20-7-21-49-83)84-50-30-40-77(67-84)76-39-28-43-80(65-76)98-87(62-64-93-100(98)89-53-24-26-55-91(89)105(93,81-44-16-5-17-45-81)82-46-18-6-19-47-82)86-51-22-23-52-88(86)104-111-102(74-35-12-3-13-36-74)110-103(112-104)75-37-14-4-15-38-75/h1-68H. The minimum absolute atomic E-state index is 0.578. The Hall–Kier alpha value is -14.9. The highest BCUT2D eigenvalue weighted by atomic mass is 15.0. The third-order valence-electron chi connectivity index (χ3n) is 22.6. The van der Waals surface area contributed by atoms with E-state index in [-0.39, 0.29) is 0 Å². The van der Waals surface area contributed by atoms with E-state index in [0.29, 0.717) is 28.9 Å². The van der Waals surface area contributed by atoms with Gasteiger partial charge in [0.15, 0.2) is 23.3 Å². The van der Waals surface area contributed by atoms with Gasteiger partial charge in [-0.25, -0.2) is 24.9 Å². The van der Waals surface area contributed by atoms with Gasteiger partial charge in [-0.3, -0.25) is 0 Å². The summed E-state index contributed by atoms with van der Waals surface area (Å²) in [6, 6.07) is 150. The van der Waals surface area contributed by atoms with Gasteiger partial charge in [-0.1, -0.05) is 376 Å². The van der Waals surface area contributed by atoms with E-state index in [9.17, 15) is 5.26 Å². The first-order chi connectivity index (χ1) is 55.5. The highest BCUT2D eigenvalue weighted by Crippen LogP contribution is 2.63. The Morgan fingerprint density at radius 1 is 0.188 bits per heavy atom. The minimum atomic E-state index is -0.819. The Kier molecular flexibility index (Phi) is 16.6. The van der Waals surface area contributed by atoms with Crippen LogP contribution in [0.5, 0.6) is 0 Å². The van der Waals surface area contributed by atoms with Gasteiger partial charge in [0.25, 0.3) is 0 Å². The van der Waals surface area contributed by atoms with E-state index in [1.165, 1.54) is 38.9 Å². The molecular formula is C106H68N6. The highest BCUT2D eigenvalue weighted by molar-refractivity contribution is 6.05. The van der Waals surface area contributed by atoms with E-state index >= 15 is 0 Å². The lowest BCUT2D eigenvalue weighted by atomic mass is 9.67. The topological polar surface area (TPSA) is 88.2 Å². The lowest BCUT2D eigenvalue weighted by Crippen LogP contribution is -2.28. The summed E-state index contributed by atoms with van der Waals surface area (Å²) in [5, 5.41) is 10.3. The first-order valence-corrected chi connectivity index (χ1v) is 38.0. The molecule has 2 heterocycles. The first kappa shape index (κ1) is 66.5. The molecular weight excluding hydrogens is 1360 g/mol. The number of hydrogen-bond acceptors (Lipinski definition) is 6. The number of hydrogen-bond donors (Lipinski definition) is 0. The second kappa shape index (κ2) is 28.0. The molecule has 0 spiro atoms. The molecule has 6 nitrogen and oxygen atoms in total. The largest absolute Gasteiger partial charge is 0.228 e. The van der Waals surface area contributed by atoms with Crippen molar-refractivity contribution < 1.29 is 0 Å². The fourth-order valence-corrected chi connectivity index (χ4v) is 17.7. The molecule has 0 amide bonds. The van der Waals surface area contributed by atoms with Gasteiger partial charge in [-0.2, -0.15) is 5.26 Å². The Balaban J connectivity index is 0.792. The van der Waals surface area contributed by atoms with Crippen LogP contribution in [0.1, 0.15) is 50.1 Å². The average molecular weight is 1430 g/mol. The van der Waals surface area contributed by atoms with Gasteiger partial charge < -0.3 is 0 Å². The molecule has 0 bridgehead atoms. The van der Waals surface area contributed by atoms with Crippen molar-refractivity contribution in [2.45, 2.75) is 10.8 Å². The van der Waals surface area contributed by atoms with Crippen LogP contribution < -0.4 is 0 Å². The maximum absolute atomic E-state index is 10.3. The Labute approximate surface area is 651 Å². The highest BCUT2D eigenvalue weighted by Gasteiger charge is 2.49. The van der Waals surface area contributed by atoms with Gasteiger partial charge in [-0.15, -0.1) is 0 Å². The molecule has 0 N–H and O–H groups in total. The summed E-state index contributed by atoms with van der Waals surface area (Å²) in [5.41, 5.74) is 30.9. The maximum Gasteiger partial charge on any atom is 0.164 e. The van der Waals surface area contributed by atoms with Gasteiger partial charge in [0, 0.05) is 33.4 Å². The van der Waals surface area contributed by atoms with Crippen molar-refractivity contribution >= 4 is 0 Å². The second-order valence-electron chi connectivity index (χ2n) is 28.7. The molecule has 112 heavy (non-hydrogen) atoms. The van der Waals surface area contributed by atoms with E-state index < -0.39 is 10.8 Å².